The van der Waals surface area contributed by atoms with Crippen LogP contribution in [0.1, 0.15) is 50.1 Å². The van der Waals surface area contributed by atoms with E-state index in [2.05, 4.69) is 43.8 Å². The quantitative estimate of drug-likeness (QED) is 0.360. The van der Waals surface area contributed by atoms with E-state index in [1.165, 1.54) is 12.3 Å². The first-order valence-electron chi connectivity index (χ1n) is 12.8. The van der Waals surface area contributed by atoms with Crippen LogP contribution in [0.3, 0.4) is 0 Å². The minimum Gasteiger partial charge on any atom is -0.369 e. The Morgan fingerprint density at radius 1 is 0.973 bits per heavy atom. The van der Waals surface area contributed by atoms with Gasteiger partial charge in [0.05, 0.1) is 36.2 Å². The molecule has 1 aromatic carbocycles. The molecule has 9 heteroatoms. The van der Waals surface area contributed by atoms with Crippen molar-refractivity contribution in [2.24, 2.45) is 0 Å². The van der Waals surface area contributed by atoms with Gasteiger partial charge in [0.2, 0.25) is 0 Å². The molecular formula is C28H33F2N7. The van der Waals surface area contributed by atoms with Gasteiger partial charge < -0.3 is 14.4 Å². The van der Waals surface area contributed by atoms with Gasteiger partial charge in [-0.15, -0.1) is 0 Å². The van der Waals surface area contributed by atoms with Crippen LogP contribution in [-0.2, 0) is 6.42 Å². The van der Waals surface area contributed by atoms with E-state index in [4.69, 9.17) is 0 Å². The number of aryl methyl sites for hydroxylation is 1. The molecule has 194 valence electrons. The molecule has 0 unspecified atom stereocenters. The normalized spacial score (nSPS) is 14.9. The summed E-state index contributed by atoms with van der Waals surface area (Å²) in [5.74, 6) is 0.347. The van der Waals surface area contributed by atoms with Crippen LogP contribution in [-0.4, -0.2) is 62.6 Å². The zero-order valence-corrected chi connectivity index (χ0v) is 22.0. The van der Waals surface area contributed by atoms with Crippen molar-refractivity contribution in [3.05, 3.63) is 65.8 Å². The molecule has 0 saturated carbocycles. The van der Waals surface area contributed by atoms with Crippen molar-refractivity contribution >= 4 is 16.7 Å². The largest absolute Gasteiger partial charge is 0.369 e. The summed E-state index contributed by atoms with van der Waals surface area (Å²) < 4.78 is 31.8. The molecule has 37 heavy (non-hydrogen) atoms. The molecule has 1 aliphatic heterocycles. The second-order valence-electron chi connectivity index (χ2n) is 10.3. The number of fused-ring (bicyclic) bond motifs is 1. The molecule has 5 rings (SSSR count). The summed E-state index contributed by atoms with van der Waals surface area (Å²) in [5, 5.41) is 0. The predicted molar refractivity (Wildman–Crippen MR) is 142 cm³/mol. The monoisotopic (exact) mass is 505 g/mol. The predicted octanol–water partition coefficient (Wildman–Crippen LogP) is 5.18. The van der Waals surface area contributed by atoms with Gasteiger partial charge >= 0.3 is 0 Å². The fourth-order valence-corrected chi connectivity index (χ4v) is 5.28. The highest BCUT2D eigenvalue weighted by atomic mass is 19.1. The van der Waals surface area contributed by atoms with Crippen LogP contribution >= 0.6 is 0 Å². The third-order valence-electron chi connectivity index (χ3n) is 7.26. The summed E-state index contributed by atoms with van der Waals surface area (Å²) in [6, 6.07) is 5.50. The van der Waals surface area contributed by atoms with Crippen molar-refractivity contribution in [3.63, 3.8) is 0 Å². The Morgan fingerprint density at radius 3 is 2.32 bits per heavy atom. The van der Waals surface area contributed by atoms with Gasteiger partial charge in [0, 0.05) is 36.4 Å². The average Bonchev–Trinajstić information content (AvgIpc) is 3.22. The number of hydrogen-bond acceptors (Lipinski definition) is 6. The number of piperidine rings is 1. The summed E-state index contributed by atoms with van der Waals surface area (Å²) in [7, 11) is 4.26. The number of nitrogens with zero attached hydrogens (tertiary/aromatic N) is 7. The molecule has 0 spiro atoms. The number of pyridine rings is 1. The van der Waals surface area contributed by atoms with Crippen LogP contribution in [0.15, 0.2) is 36.8 Å². The smallest absolute Gasteiger partial charge is 0.151 e. The van der Waals surface area contributed by atoms with E-state index in [1.54, 1.807) is 12.1 Å². The summed E-state index contributed by atoms with van der Waals surface area (Å²) >= 11 is 0. The number of benzene rings is 1. The van der Waals surface area contributed by atoms with Gasteiger partial charge in [-0.2, -0.15) is 0 Å². The summed E-state index contributed by atoms with van der Waals surface area (Å²) in [4.78, 5) is 22.3. The highest BCUT2D eigenvalue weighted by molar-refractivity contribution is 5.83. The van der Waals surface area contributed by atoms with Gasteiger partial charge in [-0.1, -0.05) is 0 Å². The van der Waals surface area contributed by atoms with Gasteiger partial charge in [0.1, 0.15) is 23.0 Å². The first-order valence-corrected chi connectivity index (χ1v) is 12.8. The molecule has 0 radical (unpaired) electrons. The Kier molecular flexibility index (Phi) is 6.90. The Morgan fingerprint density at radius 2 is 1.68 bits per heavy atom. The molecule has 0 atom stereocenters. The van der Waals surface area contributed by atoms with Gasteiger partial charge in [0.25, 0.3) is 0 Å². The van der Waals surface area contributed by atoms with Crippen LogP contribution in [0.25, 0.3) is 22.2 Å². The topological polar surface area (TPSA) is 63.0 Å². The summed E-state index contributed by atoms with van der Waals surface area (Å²) in [6.07, 6.45) is 7.45. The lowest BCUT2D eigenvalue weighted by Crippen LogP contribution is -2.42. The number of anilines is 1. The molecule has 3 aromatic heterocycles. The SMILES string of the molecule is Cc1nc2c(F)cc(-c3cc(Cc4ncc(N5CCC(N(C)C)CC5)cn4)ncc3F)cc2n1C(C)C. The molecule has 0 aliphatic carbocycles. The molecule has 0 N–H and O–H groups in total. The fourth-order valence-electron chi connectivity index (χ4n) is 5.28. The highest BCUT2D eigenvalue weighted by Gasteiger charge is 2.21. The lowest BCUT2D eigenvalue weighted by Gasteiger charge is -2.36. The Balaban J connectivity index is 1.38. The first kappa shape index (κ1) is 25.2. The average molecular weight is 506 g/mol. The molecule has 0 bridgehead atoms. The van der Waals surface area contributed by atoms with Gasteiger partial charge in [-0.25, -0.2) is 23.7 Å². The molecule has 4 heterocycles. The van der Waals surface area contributed by atoms with Crippen LogP contribution in [0.2, 0.25) is 0 Å². The van der Waals surface area contributed by atoms with E-state index in [9.17, 15) is 8.78 Å². The zero-order chi connectivity index (χ0) is 26.3. The van der Waals surface area contributed by atoms with E-state index < -0.39 is 11.6 Å². The molecule has 0 amide bonds. The first-order chi connectivity index (χ1) is 17.7. The maximum atomic E-state index is 15.0. The minimum atomic E-state index is -0.507. The standard InChI is InChI=1S/C28H33F2N7/c1-17(2)37-18(3)34-28-24(29)10-19(11-26(28)37)23-12-20(31-16-25(23)30)13-27-32-14-22(15-33-27)36-8-6-21(7-9-36)35(4)5/h10-12,14-17,21H,6-9,13H2,1-5H3. The highest BCUT2D eigenvalue weighted by Crippen LogP contribution is 2.31. The van der Waals surface area contributed by atoms with Crippen molar-refractivity contribution in [2.75, 3.05) is 32.1 Å². The zero-order valence-electron chi connectivity index (χ0n) is 22.0. The van der Waals surface area contributed by atoms with Crippen LogP contribution < -0.4 is 4.90 Å². The molecule has 1 saturated heterocycles. The maximum Gasteiger partial charge on any atom is 0.151 e. The van der Waals surface area contributed by atoms with Crippen molar-refractivity contribution in [1.82, 2.24) is 29.4 Å². The van der Waals surface area contributed by atoms with Gasteiger partial charge in [-0.3, -0.25) is 4.98 Å². The van der Waals surface area contributed by atoms with E-state index in [0.717, 1.165) is 37.4 Å². The molecular weight excluding hydrogens is 472 g/mol. The van der Waals surface area contributed by atoms with Crippen LogP contribution in [0.5, 0.6) is 0 Å². The second-order valence-corrected chi connectivity index (χ2v) is 10.3. The summed E-state index contributed by atoms with van der Waals surface area (Å²) in [5.41, 5.74) is 3.31. The Hall–Kier alpha value is -3.46. The number of halogens is 2. The second kappa shape index (κ2) is 10.1. The van der Waals surface area contributed by atoms with Crippen LogP contribution in [0, 0.1) is 18.6 Å². The number of imidazole rings is 1. The Bertz CT molecular complexity index is 1400. The lowest BCUT2D eigenvalue weighted by atomic mass is 10.0. The van der Waals surface area contributed by atoms with E-state index in [1.807, 2.05) is 37.7 Å². The fraction of sp³-hybridized carbons (Fsp3) is 0.429. The maximum absolute atomic E-state index is 15.0. The van der Waals surface area contributed by atoms with Crippen molar-refractivity contribution in [2.45, 2.75) is 52.1 Å². The minimum absolute atomic E-state index is 0.0944. The van der Waals surface area contributed by atoms with Crippen molar-refractivity contribution in [1.29, 1.82) is 0 Å². The lowest BCUT2D eigenvalue weighted by molar-refractivity contribution is 0.249. The van der Waals surface area contributed by atoms with Gasteiger partial charge in [0.15, 0.2) is 5.82 Å². The molecule has 1 fully saturated rings. The van der Waals surface area contributed by atoms with Gasteiger partial charge in [-0.05, 0) is 71.5 Å². The number of aromatic nitrogens is 5. The van der Waals surface area contributed by atoms with E-state index in [-0.39, 0.29) is 6.04 Å². The van der Waals surface area contributed by atoms with Crippen molar-refractivity contribution in [3.8, 4) is 11.1 Å². The Labute approximate surface area is 216 Å². The molecule has 7 nitrogen and oxygen atoms in total. The summed E-state index contributed by atoms with van der Waals surface area (Å²) in [6.45, 7) is 7.83. The third-order valence-corrected chi connectivity index (χ3v) is 7.26. The van der Waals surface area contributed by atoms with Crippen molar-refractivity contribution < 1.29 is 8.78 Å². The molecule has 4 aromatic rings. The molecule has 1 aliphatic rings. The number of rotatable bonds is 6. The van der Waals surface area contributed by atoms with E-state index in [0.29, 0.717) is 46.1 Å². The van der Waals surface area contributed by atoms with E-state index >= 15 is 0 Å². The van der Waals surface area contributed by atoms with Crippen LogP contribution in [0.4, 0.5) is 14.5 Å². The number of hydrogen-bond donors (Lipinski definition) is 0. The third kappa shape index (κ3) is 5.05.